The zero-order valence-electron chi connectivity index (χ0n) is 18.6. The largest absolute Gasteiger partial charge is 0.465 e. The molecule has 0 aromatic carbocycles. The van der Waals surface area contributed by atoms with Crippen LogP contribution in [0, 0.1) is 6.92 Å². The van der Waals surface area contributed by atoms with Crippen LogP contribution < -0.4 is 10.6 Å². The number of guanidine groups is 1. The van der Waals surface area contributed by atoms with Gasteiger partial charge < -0.3 is 24.5 Å². The molecular formula is C21H38IN5O3. The van der Waals surface area contributed by atoms with Gasteiger partial charge in [-0.3, -0.25) is 14.8 Å². The first-order chi connectivity index (χ1) is 14.2. The van der Waals surface area contributed by atoms with E-state index in [9.17, 15) is 0 Å². The van der Waals surface area contributed by atoms with Crippen molar-refractivity contribution in [1.82, 2.24) is 20.4 Å². The number of aliphatic imine (C=N–C) groups is 1. The van der Waals surface area contributed by atoms with Gasteiger partial charge in [-0.05, 0) is 32.9 Å². The summed E-state index contributed by atoms with van der Waals surface area (Å²) in [6, 6.07) is 4.68. The van der Waals surface area contributed by atoms with Gasteiger partial charge in [0.05, 0.1) is 39.0 Å². The molecule has 1 aromatic rings. The highest BCUT2D eigenvalue weighted by Crippen LogP contribution is 2.23. The van der Waals surface area contributed by atoms with Crippen molar-refractivity contribution < 1.29 is 13.9 Å². The molecule has 2 atom stereocenters. The number of nitrogens with one attached hydrogen (secondary N) is 2. The van der Waals surface area contributed by atoms with Crippen LogP contribution in [0.1, 0.15) is 31.4 Å². The average Bonchev–Trinajstić information content (AvgIpc) is 3.19. The van der Waals surface area contributed by atoms with Gasteiger partial charge in [0.25, 0.3) is 0 Å². The van der Waals surface area contributed by atoms with Crippen molar-refractivity contribution in [1.29, 1.82) is 0 Å². The number of ether oxygens (including phenoxy) is 2. The lowest BCUT2D eigenvalue weighted by Gasteiger charge is -2.34. The second kappa shape index (κ2) is 13.5. The van der Waals surface area contributed by atoms with Gasteiger partial charge in [-0.1, -0.05) is 0 Å². The highest BCUT2D eigenvalue weighted by atomic mass is 127. The standard InChI is InChI=1S/C21H37N5O3.HI/c1-4-22-21(23-15-17(2)25-7-11-27-12-8-25)24-16-19(20-6-5-18(3)29-20)26-9-13-28-14-10-26;/h5-6,17,19H,4,7-16H2,1-3H3,(H2,22,23,24);1H. The molecule has 1 aromatic heterocycles. The third-order valence-corrected chi connectivity index (χ3v) is 5.57. The van der Waals surface area contributed by atoms with Crippen LogP contribution in [0.5, 0.6) is 0 Å². The average molecular weight is 535 g/mol. The minimum Gasteiger partial charge on any atom is -0.465 e. The van der Waals surface area contributed by atoms with Gasteiger partial charge in [0, 0.05) is 45.3 Å². The van der Waals surface area contributed by atoms with Crippen LogP contribution >= 0.6 is 24.0 Å². The summed E-state index contributed by atoms with van der Waals surface area (Å²) in [5, 5.41) is 6.92. The molecule has 0 spiro atoms. The van der Waals surface area contributed by atoms with Crippen LogP contribution in [0.2, 0.25) is 0 Å². The Kier molecular flexibility index (Phi) is 11.4. The Morgan fingerprint density at radius 3 is 2.23 bits per heavy atom. The quantitative estimate of drug-likeness (QED) is 0.299. The SMILES string of the molecule is CCNC(=NCC(C)N1CCOCC1)NCC(c1ccc(C)o1)N1CCOCC1.I. The number of rotatable bonds is 8. The molecule has 2 saturated heterocycles. The Bertz CT molecular complexity index is 630. The normalized spacial score (nSPS) is 21.0. The molecule has 3 rings (SSSR count). The number of hydrogen-bond donors (Lipinski definition) is 2. The number of hydrogen-bond acceptors (Lipinski definition) is 6. The highest BCUT2D eigenvalue weighted by Gasteiger charge is 2.25. The number of halogens is 1. The number of furan rings is 1. The van der Waals surface area contributed by atoms with E-state index in [0.717, 1.165) is 89.7 Å². The fourth-order valence-electron chi connectivity index (χ4n) is 3.82. The molecule has 0 bridgehead atoms. The minimum absolute atomic E-state index is 0. The topological polar surface area (TPSA) is 74.5 Å². The van der Waals surface area contributed by atoms with E-state index in [1.54, 1.807) is 0 Å². The fourth-order valence-corrected chi connectivity index (χ4v) is 3.82. The Balaban J connectivity index is 0.00000320. The van der Waals surface area contributed by atoms with Crippen molar-refractivity contribution in [3.63, 3.8) is 0 Å². The predicted octanol–water partition coefficient (Wildman–Crippen LogP) is 1.86. The summed E-state index contributed by atoms with van der Waals surface area (Å²) in [6.07, 6.45) is 0. The molecule has 2 fully saturated rings. The van der Waals surface area contributed by atoms with Crippen molar-refractivity contribution in [2.45, 2.75) is 32.9 Å². The second-order valence-electron chi connectivity index (χ2n) is 7.71. The molecule has 2 aliphatic heterocycles. The van der Waals surface area contributed by atoms with Crippen molar-refractivity contribution >= 4 is 29.9 Å². The molecule has 2 aliphatic rings. The molecule has 8 nitrogen and oxygen atoms in total. The van der Waals surface area contributed by atoms with Crippen LogP contribution in [-0.4, -0.2) is 94.0 Å². The lowest BCUT2D eigenvalue weighted by molar-refractivity contribution is 0.0124. The van der Waals surface area contributed by atoms with E-state index in [0.29, 0.717) is 6.04 Å². The van der Waals surface area contributed by atoms with Gasteiger partial charge in [0.1, 0.15) is 11.5 Å². The van der Waals surface area contributed by atoms with Crippen molar-refractivity contribution in [3.05, 3.63) is 23.7 Å². The molecule has 172 valence electrons. The van der Waals surface area contributed by atoms with Gasteiger partial charge in [0.15, 0.2) is 5.96 Å². The van der Waals surface area contributed by atoms with E-state index >= 15 is 0 Å². The van der Waals surface area contributed by atoms with E-state index in [1.807, 2.05) is 13.0 Å². The second-order valence-corrected chi connectivity index (χ2v) is 7.71. The Morgan fingerprint density at radius 2 is 1.67 bits per heavy atom. The maximum Gasteiger partial charge on any atom is 0.191 e. The maximum atomic E-state index is 5.97. The summed E-state index contributed by atoms with van der Waals surface area (Å²) in [4.78, 5) is 9.71. The first-order valence-electron chi connectivity index (χ1n) is 10.9. The molecule has 9 heteroatoms. The van der Waals surface area contributed by atoms with Crippen LogP contribution in [0.4, 0.5) is 0 Å². The number of morpholine rings is 2. The zero-order chi connectivity index (χ0) is 20.5. The van der Waals surface area contributed by atoms with Gasteiger partial charge >= 0.3 is 0 Å². The minimum atomic E-state index is 0. The number of nitrogens with zero attached hydrogens (tertiary/aromatic N) is 3. The lowest BCUT2D eigenvalue weighted by atomic mass is 10.1. The summed E-state index contributed by atoms with van der Waals surface area (Å²) in [6.45, 7) is 15.6. The fraction of sp³-hybridized carbons (Fsp3) is 0.762. The van der Waals surface area contributed by atoms with Crippen LogP contribution in [0.3, 0.4) is 0 Å². The molecular weight excluding hydrogens is 497 g/mol. The predicted molar refractivity (Wildman–Crippen MR) is 130 cm³/mol. The van der Waals surface area contributed by atoms with Crippen molar-refractivity contribution in [3.8, 4) is 0 Å². The summed E-state index contributed by atoms with van der Waals surface area (Å²) in [7, 11) is 0. The summed E-state index contributed by atoms with van der Waals surface area (Å²) in [5.41, 5.74) is 0. The Hall–Kier alpha value is -0.880. The third-order valence-electron chi connectivity index (χ3n) is 5.57. The molecule has 30 heavy (non-hydrogen) atoms. The van der Waals surface area contributed by atoms with Crippen LogP contribution in [0.15, 0.2) is 21.5 Å². The monoisotopic (exact) mass is 535 g/mol. The van der Waals surface area contributed by atoms with E-state index in [4.69, 9.17) is 18.9 Å². The molecule has 0 amide bonds. The molecule has 2 N–H and O–H groups in total. The van der Waals surface area contributed by atoms with Gasteiger partial charge in [-0.15, -0.1) is 24.0 Å². The zero-order valence-corrected chi connectivity index (χ0v) is 20.9. The first-order valence-corrected chi connectivity index (χ1v) is 10.9. The molecule has 0 aliphatic carbocycles. The van der Waals surface area contributed by atoms with E-state index in [-0.39, 0.29) is 30.0 Å². The number of aryl methyl sites for hydroxylation is 1. The highest BCUT2D eigenvalue weighted by molar-refractivity contribution is 14.0. The van der Waals surface area contributed by atoms with Gasteiger partial charge in [-0.2, -0.15) is 0 Å². The van der Waals surface area contributed by atoms with Gasteiger partial charge in [0.2, 0.25) is 0 Å². The first kappa shape index (κ1) is 25.4. The molecule has 2 unspecified atom stereocenters. The smallest absolute Gasteiger partial charge is 0.191 e. The van der Waals surface area contributed by atoms with Gasteiger partial charge in [-0.25, -0.2) is 0 Å². The van der Waals surface area contributed by atoms with Crippen molar-refractivity contribution in [2.75, 3.05) is 72.2 Å². The summed E-state index contributed by atoms with van der Waals surface area (Å²) >= 11 is 0. The molecule has 0 saturated carbocycles. The van der Waals surface area contributed by atoms with E-state index < -0.39 is 0 Å². The Labute approximate surface area is 197 Å². The maximum absolute atomic E-state index is 5.97. The summed E-state index contributed by atoms with van der Waals surface area (Å²) in [5.74, 6) is 2.79. The lowest BCUT2D eigenvalue weighted by Crippen LogP contribution is -2.47. The molecule has 3 heterocycles. The van der Waals surface area contributed by atoms with Crippen LogP contribution in [0.25, 0.3) is 0 Å². The Morgan fingerprint density at radius 1 is 1.03 bits per heavy atom. The van der Waals surface area contributed by atoms with Crippen molar-refractivity contribution in [2.24, 2.45) is 4.99 Å². The third kappa shape index (κ3) is 7.67. The molecule has 0 radical (unpaired) electrons. The van der Waals surface area contributed by atoms with Crippen LogP contribution in [-0.2, 0) is 9.47 Å². The summed E-state index contributed by atoms with van der Waals surface area (Å²) < 4.78 is 17.0. The van der Waals surface area contributed by atoms with E-state index in [2.05, 4.69) is 40.3 Å². The van der Waals surface area contributed by atoms with E-state index in [1.165, 1.54) is 0 Å².